The molecule has 9 heteroatoms. The molecule has 0 aliphatic heterocycles. The van der Waals surface area contributed by atoms with Gasteiger partial charge in [0.15, 0.2) is 0 Å². The van der Waals surface area contributed by atoms with Crippen LogP contribution in [0.4, 0.5) is 0 Å². The van der Waals surface area contributed by atoms with E-state index in [2.05, 4.69) is 19.0 Å². The van der Waals surface area contributed by atoms with E-state index < -0.39 is 16.1 Å². The van der Waals surface area contributed by atoms with Crippen molar-refractivity contribution >= 4 is 15.9 Å². The Morgan fingerprint density at radius 1 is 1.30 bits per heavy atom. The number of nitrogens with zero attached hydrogens (tertiary/aromatic N) is 2. The van der Waals surface area contributed by atoms with Crippen LogP contribution >= 0.6 is 0 Å². The van der Waals surface area contributed by atoms with Crippen LogP contribution in [-0.2, 0) is 27.3 Å². The van der Waals surface area contributed by atoms with Crippen molar-refractivity contribution in [1.29, 1.82) is 0 Å². The molecule has 1 atom stereocenters. The van der Waals surface area contributed by atoms with Crippen molar-refractivity contribution in [2.24, 2.45) is 9.00 Å². The fourth-order valence-electron chi connectivity index (χ4n) is 2.40. The average Bonchev–Trinajstić information content (AvgIpc) is 2.47. The zero-order chi connectivity index (χ0) is 17.8. The number of ether oxygens (including phenoxy) is 1. The number of nitrogens with one attached hydrogen (secondary N) is 2. The average molecular weight is 377 g/mol. The van der Waals surface area contributed by atoms with Crippen LogP contribution in [0.5, 0.6) is 5.75 Å². The molecule has 1 aromatic carbocycles. The molecule has 0 radical (unpaired) electrons. The van der Waals surface area contributed by atoms with E-state index in [1.54, 1.807) is 41.0 Å². The zero-order valence-corrected chi connectivity index (χ0v) is 16.3. The quantitative estimate of drug-likeness (QED) is 0.447. The number of hydrogen-bond acceptors (Lipinski definition) is 5. The van der Waals surface area contributed by atoms with Gasteiger partial charge in [-0.1, -0.05) is 0 Å². The van der Waals surface area contributed by atoms with Crippen molar-refractivity contribution in [2.75, 3.05) is 14.2 Å². The number of methoxy groups -OCH3 is 1. The van der Waals surface area contributed by atoms with Gasteiger partial charge >= 0.3 is 147 Å². The molecule has 0 saturated heterocycles. The van der Waals surface area contributed by atoms with Gasteiger partial charge < -0.3 is 0 Å². The molecule has 23 heavy (non-hydrogen) atoms. The third kappa shape index (κ3) is 4.41. The monoisotopic (exact) mass is 377 g/mol. The molecule has 0 fully saturated rings. The summed E-state index contributed by atoms with van der Waals surface area (Å²) in [6, 6.07) is 1.19. The van der Waals surface area contributed by atoms with Gasteiger partial charge in [-0.2, -0.15) is 0 Å². The van der Waals surface area contributed by atoms with Gasteiger partial charge in [0, 0.05) is 0 Å². The van der Waals surface area contributed by atoms with Crippen LogP contribution in [0.15, 0.2) is 20.0 Å². The molecule has 0 saturated carbocycles. The van der Waals surface area contributed by atoms with Crippen LogP contribution in [0.3, 0.4) is 0 Å². The summed E-state index contributed by atoms with van der Waals surface area (Å²) in [6.07, 6.45) is 0. The summed E-state index contributed by atoms with van der Waals surface area (Å²) in [6.45, 7) is 7.06. The predicted molar refractivity (Wildman–Crippen MR) is 85.9 cm³/mol. The van der Waals surface area contributed by atoms with E-state index in [4.69, 9.17) is 4.74 Å². The fourth-order valence-corrected chi connectivity index (χ4v) is 4.28. The van der Waals surface area contributed by atoms with Gasteiger partial charge in [0.2, 0.25) is 0 Å². The molecule has 127 valence electrons. The van der Waals surface area contributed by atoms with Gasteiger partial charge in [0.25, 0.3) is 0 Å². The summed E-state index contributed by atoms with van der Waals surface area (Å²) in [5, 5.41) is 6.70. The molecule has 0 amide bonds. The van der Waals surface area contributed by atoms with Gasteiger partial charge in [-0.15, -0.1) is 0 Å². The molecule has 0 aromatic heterocycles. The SMILES string of the molecule is CNC(=N[N]=[V])[C@@H](C)NS(=O)(=O)c1c(C)cc(OC)c(C)c1C. The third-order valence-corrected chi connectivity index (χ3v) is 5.59. The van der Waals surface area contributed by atoms with Crippen LogP contribution in [0.25, 0.3) is 0 Å². The molecular formula is C14H22N4O3SV. The standard InChI is InChI=1S/C14H22N4O3S.V/c1-8-7-12(21-6)9(2)10(3)13(8)22(19,20)18-11(4)14(16-5)17-15;/h7,11,18H,1-6H3,(H,16,17);/t11-;/m1./s1. The minimum absolute atomic E-state index is 0.266. The van der Waals surface area contributed by atoms with E-state index in [-0.39, 0.29) is 4.90 Å². The first-order chi connectivity index (χ1) is 10.7. The van der Waals surface area contributed by atoms with E-state index in [1.807, 2.05) is 24.2 Å². The fraction of sp³-hybridized carbons (Fsp3) is 0.500. The maximum absolute atomic E-state index is 12.8. The number of amidine groups is 1. The van der Waals surface area contributed by atoms with Crippen molar-refractivity contribution in [3.05, 3.63) is 22.8 Å². The van der Waals surface area contributed by atoms with E-state index in [1.165, 1.54) is 0 Å². The van der Waals surface area contributed by atoms with Crippen LogP contribution < -0.4 is 14.8 Å². The van der Waals surface area contributed by atoms with Gasteiger partial charge in [-0.25, -0.2) is 0 Å². The molecule has 1 rings (SSSR count). The van der Waals surface area contributed by atoms with Crippen molar-refractivity contribution in [2.45, 2.75) is 38.6 Å². The molecule has 7 nitrogen and oxygen atoms in total. The summed E-state index contributed by atoms with van der Waals surface area (Å²) in [5.74, 6) is 1.10. The zero-order valence-electron chi connectivity index (χ0n) is 14.1. The van der Waals surface area contributed by atoms with Crippen LogP contribution in [-0.4, -0.2) is 34.5 Å². The Labute approximate surface area is 146 Å². The number of benzene rings is 1. The van der Waals surface area contributed by atoms with Crippen molar-refractivity contribution < 1.29 is 30.4 Å². The van der Waals surface area contributed by atoms with Gasteiger partial charge in [-0.05, 0) is 0 Å². The first-order valence-electron chi connectivity index (χ1n) is 6.96. The summed E-state index contributed by atoms with van der Waals surface area (Å²) in [7, 11) is -0.485. The molecule has 0 unspecified atom stereocenters. The third-order valence-electron chi connectivity index (χ3n) is 3.62. The topological polar surface area (TPSA) is 92.1 Å². The van der Waals surface area contributed by atoms with E-state index in [9.17, 15) is 8.42 Å². The molecule has 0 aliphatic carbocycles. The molecule has 2 N–H and O–H groups in total. The minimum atomic E-state index is -3.71. The van der Waals surface area contributed by atoms with E-state index in [0.717, 1.165) is 5.56 Å². The van der Waals surface area contributed by atoms with Crippen LogP contribution in [0.1, 0.15) is 23.6 Å². The number of sulfonamides is 1. The number of likely N-dealkylation sites (N-methyl/N-ethyl adjacent to an activating group) is 1. The van der Waals surface area contributed by atoms with Crippen molar-refractivity contribution in [3.8, 4) is 5.75 Å². The van der Waals surface area contributed by atoms with E-state index in [0.29, 0.717) is 22.7 Å². The van der Waals surface area contributed by atoms with Gasteiger partial charge in [0.1, 0.15) is 0 Å². The number of rotatable bonds is 6. The molecule has 0 heterocycles. The van der Waals surface area contributed by atoms with Gasteiger partial charge in [0.05, 0.1) is 0 Å². The Kier molecular flexibility index (Phi) is 6.94. The second-order valence-corrected chi connectivity index (χ2v) is 7.07. The van der Waals surface area contributed by atoms with Crippen molar-refractivity contribution in [3.63, 3.8) is 0 Å². The summed E-state index contributed by atoms with van der Waals surface area (Å²) in [5.41, 5.74) is 2.10. The molecule has 0 spiro atoms. The molecular weight excluding hydrogens is 355 g/mol. The number of hydrogen-bond donors (Lipinski definition) is 2. The summed E-state index contributed by atoms with van der Waals surface area (Å²) < 4.78 is 37.1. The normalized spacial score (nSPS) is 13.5. The van der Waals surface area contributed by atoms with E-state index >= 15 is 0 Å². The van der Waals surface area contributed by atoms with Crippen LogP contribution in [0.2, 0.25) is 0 Å². The Bertz CT molecular complexity index is 732. The Morgan fingerprint density at radius 3 is 2.39 bits per heavy atom. The first-order valence-corrected chi connectivity index (χ1v) is 9.07. The second-order valence-electron chi connectivity index (χ2n) is 5.14. The molecule has 0 bridgehead atoms. The Balaban J connectivity index is 3.32. The number of aryl methyl sites for hydroxylation is 1. The molecule has 1 aromatic rings. The van der Waals surface area contributed by atoms with Crippen molar-refractivity contribution in [1.82, 2.24) is 10.0 Å². The van der Waals surface area contributed by atoms with Crippen LogP contribution in [0, 0.1) is 20.8 Å². The summed E-state index contributed by atoms with van der Waals surface area (Å²) in [4.78, 5) is 0.266. The Morgan fingerprint density at radius 2 is 1.91 bits per heavy atom. The molecule has 0 aliphatic rings. The summed E-state index contributed by atoms with van der Waals surface area (Å²) >= 11 is 1.96. The maximum atomic E-state index is 12.8. The van der Waals surface area contributed by atoms with Gasteiger partial charge in [-0.3, -0.25) is 0 Å². The Hall–Kier alpha value is -1.22. The first kappa shape index (κ1) is 19.8. The predicted octanol–water partition coefficient (Wildman–Crippen LogP) is 1.55. The second kappa shape index (κ2) is 8.05.